The lowest BCUT2D eigenvalue weighted by atomic mass is 10.3. The Morgan fingerprint density at radius 3 is 2.06 bits per heavy atom. The van der Waals surface area contributed by atoms with Gasteiger partial charge in [0.1, 0.15) is 5.58 Å². The van der Waals surface area contributed by atoms with Gasteiger partial charge in [-0.2, -0.15) is 0 Å². The van der Waals surface area contributed by atoms with Crippen molar-refractivity contribution in [2.24, 2.45) is 0 Å². The van der Waals surface area contributed by atoms with E-state index < -0.39 is 0 Å². The van der Waals surface area contributed by atoms with Gasteiger partial charge in [-0.15, -0.1) is 0 Å². The van der Waals surface area contributed by atoms with Crippen LogP contribution in [0.25, 0.3) is 11.0 Å². The molecule has 3 aromatic rings. The number of fused-ring (bicyclic) bond motifs is 1. The fraction of sp³-hybridized carbons (Fsp3) is 0. The number of nitrogens with two attached hydrogens (primary N) is 1. The molecule has 3 rings (SSSR count). The third-order valence-electron chi connectivity index (χ3n) is 2.16. The lowest BCUT2D eigenvalue weighted by Gasteiger charge is -1.83. The summed E-state index contributed by atoms with van der Waals surface area (Å²) in [5, 5.41) is 1.16. The molecule has 0 aliphatic heterocycles. The summed E-state index contributed by atoms with van der Waals surface area (Å²) in [6.45, 7) is 0. The second-order valence-corrected chi connectivity index (χ2v) is 3.37. The van der Waals surface area contributed by atoms with E-state index in [1.54, 1.807) is 6.26 Å². The number of hydrogen-bond acceptors (Lipinski definition) is 2. The number of furan rings is 1. The zero-order valence-electron chi connectivity index (χ0n) is 8.84. The summed E-state index contributed by atoms with van der Waals surface area (Å²) in [5.74, 6) is 0. The smallest absolute Gasteiger partial charge is 0.133 e. The van der Waals surface area contributed by atoms with Crippen LogP contribution in [0.15, 0.2) is 71.3 Å². The summed E-state index contributed by atoms with van der Waals surface area (Å²) in [7, 11) is 0. The van der Waals surface area contributed by atoms with E-state index in [1.165, 1.54) is 0 Å². The summed E-state index contributed by atoms with van der Waals surface area (Å²) in [5.41, 5.74) is 7.14. The van der Waals surface area contributed by atoms with Crippen LogP contribution >= 0.6 is 0 Å². The van der Waals surface area contributed by atoms with Crippen LogP contribution in [0.4, 0.5) is 5.69 Å². The van der Waals surface area contributed by atoms with E-state index in [2.05, 4.69) is 0 Å². The van der Waals surface area contributed by atoms with Crippen molar-refractivity contribution in [3.05, 3.63) is 66.9 Å². The lowest BCUT2D eigenvalue weighted by Crippen LogP contribution is -1.79. The predicted octanol–water partition coefficient (Wildman–Crippen LogP) is 3.70. The maximum atomic E-state index is 5.36. The van der Waals surface area contributed by atoms with E-state index in [0.29, 0.717) is 0 Å². The van der Waals surface area contributed by atoms with Gasteiger partial charge in [0.05, 0.1) is 6.26 Å². The average molecular weight is 211 g/mol. The Morgan fingerprint density at radius 1 is 0.750 bits per heavy atom. The molecular weight excluding hydrogens is 198 g/mol. The highest BCUT2D eigenvalue weighted by atomic mass is 16.3. The number of benzene rings is 2. The molecule has 1 heterocycles. The Hall–Kier alpha value is -2.22. The van der Waals surface area contributed by atoms with E-state index >= 15 is 0 Å². The van der Waals surface area contributed by atoms with Gasteiger partial charge in [-0.3, -0.25) is 0 Å². The summed E-state index contributed by atoms with van der Waals surface area (Å²) in [6.07, 6.45) is 1.70. The molecule has 2 aromatic carbocycles. The van der Waals surface area contributed by atoms with Crippen molar-refractivity contribution in [2.75, 3.05) is 5.73 Å². The third kappa shape index (κ3) is 2.64. The van der Waals surface area contributed by atoms with Crippen LogP contribution in [0.3, 0.4) is 0 Å². The van der Waals surface area contributed by atoms with Crippen molar-refractivity contribution in [2.45, 2.75) is 0 Å². The molecule has 0 aliphatic rings. The largest absolute Gasteiger partial charge is 0.464 e. The van der Waals surface area contributed by atoms with Crippen LogP contribution in [0.1, 0.15) is 0 Å². The van der Waals surface area contributed by atoms with Crippen LogP contribution in [-0.2, 0) is 0 Å². The van der Waals surface area contributed by atoms with Gasteiger partial charge in [-0.25, -0.2) is 0 Å². The molecule has 0 bridgehead atoms. The van der Waals surface area contributed by atoms with Gasteiger partial charge in [-0.05, 0) is 24.3 Å². The minimum Gasteiger partial charge on any atom is -0.464 e. The number of hydrogen-bond donors (Lipinski definition) is 1. The highest BCUT2D eigenvalue weighted by molar-refractivity contribution is 5.76. The molecule has 0 amide bonds. The minimum atomic E-state index is 0.822. The molecule has 1 aromatic heterocycles. The Balaban J connectivity index is 0.000000125. The normalized spacial score (nSPS) is 9.50. The summed E-state index contributed by atoms with van der Waals surface area (Å²) in [6, 6.07) is 19.4. The van der Waals surface area contributed by atoms with Crippen molar-refractivity contribution in [1.82, 2.24) is 0 Å². The first-order valence-electron chi connectivity index (χ1n) is 5.09. The molecule has 0 aliphatic carbocycles. The monoisotopic (exact) mass is 211 g/mol. The molecule has 0 saturated carbocycles. The van der Waals surface area contributed by atoms with E-state index in [1.807, 2.05) is 60.7 Å². The second kappa shape index (κ2) is 5.03. The molecule has 80 valence electrons. The standard InChI is InChI=1S/C8H6O.C6H7N/c1-2-4-8-7(3-1)5-6-9-8;7-6-4-2-1-3-5-6/h1-6H;1-5H,7H2. The highest BCUT2D eigenvalue weighted by Crippen LogP contribution is 2.12. The molecule has 0 spiro atoms. The van der Waals surface area contributed by atoms with Crippen molar-refractivity contribution >= 4 is 16.7 Å². The van der Waals surface area contributed by atoms with E-state index in [4.69, 9.17) is 10.2 Å². The van der Waals surface area contributed by atoms with Gasteiger partial charge in [0.2, 0.25) is 0 Å². The zero-order chi connectivity index (χ0) is 11.2. The van der Waals surface area contributed by atoms with Gasteiger partial charge in [0.15, 0.2) is 0 Å². The van der Waals surface area contributed by atoms with Crippen LogP contribution < -0.4 is 5.73 Å². The first-order chi connectivity index (χ1) is 7.86. The molecule has 0 saturated heterocycles. The molecule has 2 N–H and O–H groups in total. The first kappa shape index (κ1) is 10.3. The van der Waals surface area contributed by atoms with Gasteiger partial charge in [0.25, 0.3) is 0 Å². The maximum Gasteiger partial charge on any atom is 0.133 e. The Labute approximate surface area is 94.3 Å². The van der Waals surface area contributed by atoms with E-state index in [0.717, 1.165) is 16.7 Å². The SMILES string of the molecule is Nc1ccccc1.c1ccc2occc2c1. The molecule has 2 heteroatoms. The van der Waals surface area contributed by atoms with Crippen molar-refractivity contribution in [3.63, 3.8) is 0 Å². The highest BCUT2D eigenvalue weighted by Gasteiger charge is 1.89. The topological polar surface area (TPSA) is 39.2 Å². The fourth-order valence-electron chi connectivity index (χ4n) is 1.36. The predicted molar refractivity (Wildman–Crippen MR) is 67.1 cm³/mol. The molecule has 0 radical (unpaired) electrons. The summed E-state index contributed by atoms with van der Waals surface area (Å²) < 4.78 is 5.12. The van der Waals surface area contributed by atoms with E-state index in [-0.39, 0.29) is 0 Å². The Kier molecular flexibility index (Phi) is 3.24. The number of nitrogen functional groups attached to an aromatic ring is 1. The molecule has 0 unspecified atom stereocenters. The van der Waals surface area contributed by atoms with Crippen LogP contribution in [-0.4, -0.2) is 0 Å². The van der Waals surface area contributed by atoms with Crippen molar-refractivity contribution in [3.8, 4) is 0 Å². The second-order valence-electron chi connectivity index (χ2n) is 3.37. The van der Waals surface area contributed by atoms with Gasteiger partial charge < -0.3 is 10.2 Å². The summed E-state index contributed by atoms with van der Waals surface area (Å²) >= 11 is 0. The van der Waals surface area contributed by atoms with Gasteiger partial charge in [0, 0.05) is 11.1 Å². The minimum absolute atomic E-state index is 0.822. The Bertz CT molecular complexity index is 512. The third-order valence-corrected chi connectivity index (χ3v) is 2.16. The van der Waals surface area contributed by atoms with Crippen molar-refractivity contribution in [1.29, 1.82) is 0 Å². The number of rotatable bonds is 0. The first-order valence-corrected chi connectivity index (χ1v) is 5.09. The summed E-state index contributed by atoms with van der Waals surface area (Å²) in [4.78, 5) is 0. The average Bonchev–Trinajstić information content (AvgIpc) is 2.79. The quantitative estimate of drug-likeness (QED) is 0.576. The maximum absolute atomic E-state index is 5.36. The van der Waals surface area contributed by atoms with Gasteiger partial charge in [-0.1, -0.05) is 36.4 Å². The van der Waals surface area contributed by atoms with Gasteiger partial charge >= 0.3 is 0 Å². The zero-order valence-corrected chi connectivity index (χ0v) is 8.84. The molecule has 2 nitrogen and oxygen atoms in total. The molecule has 0 fully saturated rings. The Morgan fingerprint density at radius 2 is 1.44 bits per heavy atom. The van der Waals surface area contributed by atoms with Crippen LogP contribution in [0.2, 0.25) is 0 Å². The fourth-order valence-corrected chi connectivity index (χ4v) is 1.36. The number of para-hydroxylation sites is 2. The van der Waals surface area contributed by atoms with Crippen LogP contribution in [0.5, 0.6) is 0 Å². The molecule has 16 heavy (non-hydrogen) atoms. The number of anilines is 1. The molecular formula is C14H13NO. The molecule has 0 atom stereocenters. The van der Waals surface area contributed by atoms with E-state index in [9.17, 15) is 0 Å². The van der Waals surface area contributed by atoms with Crippen molar-refractivity contribution < 1.29 is 4.42 Å². The lowest BCUT2D eigenvalue weighted by molar-refractivity contribution is 0.616. The van der Waals surface area contributed by atoms with Crippen LogP contribution in [0, 0.1) is 0 Å².